The van der Waals surface area contributed by atoms with E-state index in [2.05, 4.69) is 4.98 Å². The van der Waals surface area contributed by atoms with E-state index in [0.29, 0.717) is 16.6 Å². The zero-order chi connectivity index (χ0) is 11.3. The molecule has 1 atom stereocenters. The molecule has 0 saturated heterocycles. The van der Waals surface area contributed by atoms with Gasteiger partial charge in [-0.25, -0.2) is 0 Å². The molecule has 1 aromatic rings. The fourth-order valence-corrected chi connectivity index (χ4v) is 2.07. The van der Waals surface area contributed by atoms with E-state index < -0.39 is 0 Å². The molecule has 3 nitrogen and oxygen atoms in total. The first kappa shape index (κ1) is 12.7. The average Bonchev–Trinajstić information content (AvgIpc) is 2.18. The zero-order valence-corrected chi connectivity index (χ0v) is 9.93. The first-order valence-corrected chi connectivity index (χ1v) is 5.67. The lowest BCUT2D eigenvalue weighted by molar-refractivity contribution is 0.591. The highest BCUT2D eigenvalue weighted by molar-refractivity contribution is 6.35. The number of halogens is 2. The van der Waals surface area contributed by atoms with Crippen LogP contribution < -0.4 is 11.5 Å². The molecule has 1 heterocycles. The Bertz CT molecular complexity index is 297. The van der Waals surface area contributed by atoms with Crippen molar-refractivity contribution in [2.45, 2.75) is 25.3 Å². The standard InChI is InChI=1S/C10H15Cl2N3/c11-7-5-15-6-8(12)10(7)9(14)3-1-2-4-13/h5-6,9H,1-4,13-14H2/t9-/m0/s1. The van der Waals surface area contributed by atoms with Crippen molar-refractivity contribution in [3.8, 4) is 0 Å². The molecule has 0 aliphatic carbocycles. The minimum absolute atomic E-state index is 0.139. The molecule has 5 heteroatoms. The van der Waals surface area contributed by atoms with Crippen molar-refractivity contribution in [1.29, 1.82) is 0 Å². The Balaban J connectivity index is 2.68. The van der Waals surface area contributed by atoms with Crippen LogP contribution in [0.5, 0.6) is 0 Å². The quantitative estimate of drug-likeness (QED) is 0.787. The summed E-state index contributed by atoms with van der Waals surface area (Å²) in [6.07, 6.45) is 5.90. The topological polar surface area (TPSA) is 64.9 Å². The van der Waals surface area contributed by atoms with Gasteiger partial charge in [0, 0.05) is 24.0 Å². The van der Waals surface area contributed by atoms with Gasteiger partial charge in [0.25, 0.3) is 0 Å². The Kier molecular flexibility index (Phi) is 5.32. The summed E-state index contributed by atoms with van der Waals surface area (Å²) in [6.45, 7) is 0.685. The van der Waals surface area contributed by atoms with Crippen LogP contribution in [0.1, 0.15) is 30.9 Å². The van der Waals surface area contributed by atoms with Crippen LogP contribution in [0.25, 0.3) is 0 Å². The molecule has 0 fully saturated rings. The molecular formula is C10H15Cl2N3. The van der Waals surface area contributed by atoms with E-state index in [9.17, 15) is 0 Å². The zero-order valence-electron chi connectivity index (χ0n) is 8.42. The Labute approximate surface area is 99.8 Å². The molecule has 0 amide bonds. The van der Waals surface area contributed by atoms with Gasteiger partial charge in [0.2, 0.25) is 0 Å². The van der Waals surface area contributed by atoms with Crippen LogP contribution in [-0.4, -0.2) is 11.5 Å². The molecule has 0 aliphatic heterocycles. The molecule has 15 heavy (non-hydrogen) atoms. The van der Waals surface area contributed by atoms with Gasteiger partial charge in [-0.05, 0) is 19.4 Å². The second-order valence-electron chi connectivity index (χ2n) is 3.41. The van der Waals surface area contributed by atoms with Crippen LogP contribution in [0.15, 0.2) is 12.4 Å². The van der Waals surface area contributed by atoms with Gasteiger partial charge in [-0.15, -0.1) is 0 Å². The van der Waals surface area contributed by atoms with Crippen molar-refractivity contribution < 1.29 is 0 Å². The van der Waals surface area contributed by atoms with E-state index in [0.717, 1.165) is 24.8 Å². The number of hydrogen-bond donors (Lipinski definition) is 2. The van der Waals surface area contributed by atoms with Crippen molar-refractivity contribution >= 4 is 23.2 Å². The van der Waals surface area contributed by atoms with E-state index >= 15 is 0 Å². The molecule has 1 aromatic heterocycles. The number of nitrogens with two attached hydrogens (primary N) is 2. The molecule has 0 saturated carbocycles. The molecule has 0 radical (unpaired) electrons. The van der Waals surface area contributed by atoms with E-state index in [1.54, 1.807) is 12.4 Å². The number of hydrogen-bond acceptors (Lipinski definition) is 3. The third-order valence-corrected chi connectivity index (χ3v) is 2.83. The van der Waals surface area contributed by atoms with E-state index in [1.165, 1.54) is 0 Å². The molecule has 0 unspecified atom stereocenters. The van der Waals surface area contributed by atoms with Crippen molar-refractivity contribution in [2.75, 3.05) is 6.54 Å². The first-order chi connectivity index (χ1) is 7.16. The SMILES string of the molecule is NCCCC[C@H](N)c1c(Cl)cncc1Cl. The third-order valence-electron chi connectivity index (χ3n) is 2.23. The molecule has 0 aliphatic rings. The summed E-state index contributed by atoms with van der Waals surface area (Å²) >= 11 is 12.0. The largest absolute Gasteiger partial charge is 0.330 e. The maximum absolute atomic E-state index is 6.00. The van der Waals surface area contributed by atoms with Crippen LogP contribution >= 0.6 is 23.2 Å². The Morgan fingerprint density at radius 1 is 1.20 bits per heavy atom. The monoisotopic (exact) mass is 247 g/mol. The third kappa shape index (κ3) is 3.61. The highest BCUT2D eigenvalue weighted by Gasteiger charge is 2.13. The van der Waals surface area contributed by atoms with Crippen molar-refractivity contribution in [2.24, 2.45) is 11.5 Å². The van der Waals surface area contributed by atoms with Crippen LogP contribution in [0.3, 0.4) is 0 Å². The summed E-state index contributed by atoms with van der Waals surface area (Å²) < 4.78 is 0. The van der Waals surface area contributed by atoms with Crippen LogP contribution in [0.4, 0.5) is 0 Å². The Hall–Kier alpha value is -0.350. The fraction of sp³-hybridized carbons (Fsp3) is 0.500. The Morgan fingerprint density at radius 2 is 1.80 bits per heavy atom. The van der Waals surface area contributed by atoms with Gasteiger partial charge >= 0.3 is 0 Å². The summed E-state index contributed by atoms with van der Waals surface area (Å²) in [7, 11) is 0. The minimum atomic E-state index is -0.139. The number of rotatable bonds is 5. The van der Waals surface area contributed by atoms with Gasteiger partial charge in [0.1, 0.15) is 0 Å². The minimum Gasteiger partial charge on any atom is -0.330 e. The number of pyridine rings is 1. The molecular weight excluding hydrogens is 233 g/mol. The van der Waals surface area contributed by atoms with Crippen LogP contribution in [-0.2, 0) is 0 Å². The lowest BCUT2D eigenvalue weighted by Crippen LogP contribution is -2.12. The first-order valence-electron chi connectivity index (χ1n) is 4.91. The molecule has 84 valence electrons. The predicted molar refractivity (Wildman–Crippen MR) is 64.1 cm³/mol. The highest BCUT2D eigenvalue weighted by Crippen LogP contribution is 2.30. The van der Waals surface area contributed by atoms with Crippen molar-refractivity contribution in [1.82, 2.24) is 4.98 Å². The van der Waals surface area contributed by atoms with Gasteiger partial charge in [0.15, 0.2) is 0 Å². The van der Waals surface area contributed by atoms with Crippen molar-refractivity contribution in [3.05, 3.63) is 28.0 Å². The number of unbranched alkanes of at least 4 members (excludes halogenated alkanes) is 1. The predicted octanol–water partition coefficient (Wildman–Crippen LogP) is 2.52. The molecule has 0 bridgehead atoms. The van der Waals surface area contributed by atoms with Gasteiger partial charge in [0.05, 0.1) is 10.0 Å². The van der Waals surface area contributed by atoms with Gasteiger partial charge in [-0.2, -0.15) is 0 Å². The maximum atomic E-state index is 6.00. The lowest BCUT2D eigenvalue weighted by Gasteiger charge is -2.14. The number of aromatic nitrogens is 1. The summed E-state index contributed by atoms with van der Waals surface area (Å²) in [5, 5.41) is 1.06. The van der Waals surface area contributed by atoms with Crippen molar-refractivity contribution in [3.63, 3.8) is 0 Å². The van der Waals surface area contributed by atoms with Crippen LogP contribution in [0, 0.1) is 0 Å². The van der Waals surface area contributed by atoms with Gasteiger partial charge < -0.3 is 11.5 Å². The fourth-order valence-electron chi connectivity index (χ4n) is 1.43. The average molecular weight is 248 g/mol. The molecule has 0 spiro atoms. The molecule has 0 aromatic carbocycles. The molecule has 1 rings (SSSR count). The highest BCUT2D eigenvalue weighted by atomic mass is 35.5. The van der Waals surface area contributed by atoms with E-state index in [-0.39, 0.29) is 6.04 Å². The smallest absolute Gasteiger partial charge is 0.0651 e. The summed E-state index contributed by atoms with van der Waals surface area (Å²) in [5.41, 5.74) is 12.2. The second-order valence-corrected chi connectivity index (χ2v) is 4.22. The lowest BCUT2D eigenvalue weighted by atomic mass is 10.0. The summed E-state index contributed by atoms with van der Waals surface area (Å²) in [6, 6.07) is -0.139. The number of nitrogens with zero attached hydrogens (tertiary/aromatic N) is 1. The maximum Gasteiger partial charge on any atom is 0.0651 e. The van der Waals surface area contributed by atoms with Crippen LogP contribution in [0.2, 0.25) is 10.0 Å². The van der Waals surface area contributed by atoms with E-state index in [1.807, 2.05) is 0 Å². The Morgan fingerprint density at radius 3 is 2.33 bits per heavy atom. The summed E-state index contributed by atoms with van der Waals surface area (Å²) in [4.78, 5) is 3.88. The second kappa shape index (κ2) is 6.28. The van der Waals surface area contributed by atoms with Gasteiger partial charge in [-0.3, -0.25) is 4.98 Å². The molecule has 4 N–H and O–H groups in total. The van der Waals surface area contributed by atoms with E-state index in [4.69, 9.17) is 34.7 Å². The summed E-state index contributed by atoms with van der Waals surface area (Å²) in [5.74, 6) is 0. The van der Waals surface area contributed by atoms with Gasteiger partial charge in [-0.1, -0.05) is 29.6 Å². The normalized spacial score (nSPS) is 12.8.